The van der Waals surface area contributed by atoms with Gasteiger partial charge in [0.15, 0.2) is 0 Å². The first-order valence-corrected chi connectivity index (χ1v) is 7.75. The number of benzene rings is 1. The van der Waals surface area contributed by atoms with Gasteiger partial charge in [-0.2, -0.15) is 0 Å². The van der Waals surface area contributed by atoms with Crippen molar-refractivity contribution in [1.29, 1.82) is 0 Å². The number of nitrogens with one attached hydrogen (secondary N) is 1. The van der Waals surface area contributed by atoms with Crippen LogP contribution in [0.1, 0.15) is 43.9 Å². The highest BCUT2D eigenvalue weighted by atomic mass is 15.2. The summed E-state index contributed by atoms with van der Waals surface area (Å²) in [5.41, 5.74) is 2.86. The van der Waals surface area contributed by atoms with E-state index in [9.17, 15) is 0 Å². The van der Waals surface area contributed by atoms with Crippen LogP contribution in [0.2, 0.25) is 0 Å². The standard InChI is InChI=1S/C17H28N2/c1-4-15-10-11-19(12-15)13-17(18-5-2)16-9-7-6-8-14(16)3/h6-9,15,17-18H,4-5,10-13H2,1-3H3. The van der Waals surface area contributed by atoms with Crippen molar-refractivity contribution in [1.82, 2.24) is 10.2 Å². The van der Waals surface area contributed by atoms with Crippen molar-refractivity contribution in [2.75, 3.05) is 26.2 Å². The van der Waals surface area contributed by atoms with Gasteiger partial charge in [0, 0.05) is 19.1 Å². The molecule has 19 heavy (non-hydrogen) atoms. The van der Waals surface area contributed by atoms with E-state index in [0.29, 0.717) is 6.04 Å². The Hall–Kier alpha value is -0.860. The third-order valence-corrected chi connectivity index (χ3v) is 4.40. The molecule has 2 atom stereocenters. The van der Waals surface area contributed by atoms with E-state index in [2.05, 4.69) is 55.3 Å². The van der Waals surface area contributed by atoms with Crippen molar-refractivity contribution in [3.8, 4) is 0 Å². The molecule has 1 N–H and O–H groups in total. The van der Waals surface area contributed by atoms with E-state index in [0.717, 1.165) is 19.0 Å². The number of nitrogens with zero attached hydrogens (tertiary/aromatic N) is 1. The van der Waals surface area contributed by atoms with Gasteiger partial charge < -0.3 is 10.2 Å². The molecule has 106 valence electrons. The molecule has 1 saturated heterocycles. The normalized spacial score (nSPS) is 21.7. The Morgan fingerprint density at radius 1 is 1.32 bits per heavy atom. The van der Waals surface area contributed by atoms with E-state index in [1.165, 1.54) is 37.1 Å². The molecule has 0 amide bonds. The van der Waals surface area contributed by atoms with Crippen LogP contribution in [-0.2, 0) is 0 Å². The SMILES string of the molecule is CCNC(CN1CCC(CC)C1)c1ccccc1C. The van der Waals surface area contributed by atoms with Crippen molar-refractivity contribution >= 4 is 0 Å². The monoisotopic (exact) mass is 260 g/mol. The van der Waals surface area contributed by atoms with Crippen LogP contribution in [0.4, 0.5) is 0 Å². The molecule has 0 aromatic heterocycles. The molecule has 2 unspecified atom stereocenters. The molecule has 0 radical (unpaired) electrons. The maximum absolute atomic E-state index is 3.66. The second kappa shape index (κ2) is 7.06. The lowest BCUT2D eigenvalue weighted by molar-refractivity contribution is 0.282. The fraction of sp³-hybridized carbons (Fsp3) is 0.647. The topological polar surface area (TPSA) is 15.3 Å². The molecule has 0 spiro atoms. The first kappa shape index (κ1) is 14.5. The Morgan fingerprint density at radius 3 is 2.74 bits per heavy atom. The predicted molar refractivity (Wildman–Crippen MR) is 82.4 cm³/mol. The van der Waals surface area contributed by atoms with Crippen molar-refractivity contribution in [3.63, 3.8) is 0 Å². The molecule has 2 nitrogen and oxygen atoms in total. The minimum Gasteiger partial charge on any atom is -0.309 e. The van der Waals surface area contributed by atoms with E-state index in [1.807, 2.05) is 0 Å². The van der Waals surface area contributed by atoms with Crippen LogP contribution >= 0.6 is 0 Å². The average molecular weight is 260 g/mol. The molecular weight excluding hydrogens is 232 g/mol. The van der Waals surface area contributed by atoms with Crippen molar-refractivity contribution in [2.24, 2.45) is 5.92 Å². The molecule has 1 fully saturated rings. The van der Waals surface area contributed by atoms with Crippen LogP contribution in [0.25, 0.3) is 0 Å². The fourth-order valence-corrected chi connectivity index (χ4v) is 3.17. The second-order valence-electron chi connectivity index (χ2n) is 5.79. The third kappa shape index (κ3) is 3.80. The molecular formula is C17H28N2. The van der Waals surface area contributed by atoms with E-state index in [4.69, 9.17) is 0 Å². The third-order valence-electron chi connectivity index (χ3n) is 4.40. The zero-order valence-corrected chi connectivity index (χ0v) is 12.7. The van der Waals surface area contributed by atoms with Crippen LogP contribution in [0, 0.1) is 12.8 Å². The van der Waals surface area contributed by atoms with Gasteiger partial charge in [0.25, 0.3) is 0 Å². The van der Waals surface area contributed by atoms with Gasteiger partial charge in [-0.15, -0.1) is 0 Å². The molecule has 2 heteroatoms. The highest BCUT2D eigenvalue weighted by Crippen LogP contribution is 2.24. The molecule has 0 saturated carbocycles. The maximum atomic E-state index is 3.66. The zero-order chi connectivity index (χ0) is 13.7. The van der Waals surface area contributed by atoms with Gasteiger partial charge in [0.2, 0.25) is 0 Å². The van der Waals surface area contributed by atoms with E-state index < -0.39 is 0 Å². The largest absolute Gasteiger partial charge is 0.309 e. The summed E-state index contributed by atoms with van der Waals surface area (Å²) >= 11 is 0. The quantitative estimate of drug-likeness (QED) is 0.843. The van der Waals surface area contributed by atoms with Crippen molar-refractivity contribution in [2.45, 2.75) is 39.7 Å². The Morgan fingerprint density at radius 2 is 2.11 bits per heavy atom. The second-order valence-corrected chi connectivity index (χ2v) is 5.79. The van der Waals surface area contributed by atoms with Crippen molar-refractivity contribution < 1.29 is 0 Å². The molecule has 1 aromatic carbocycles. The van der Waals surface area contributed by atoms with Crippen LogP contribution in [0.15, 0.2) is 24.3 Å². The van der Waals surface area contributed by atoms with Crippen LogP contribution in [0.3, 0.4) is 0 Å². The summed E-state index contributed by atoms with van der Waals surface area (Å²) in [6.45, 7) is 11.5. The summed E-state index contributed by atoms with van der Waals surface area (Å²) in [6, 6.07) is 9.26. The highest BCUT2D eigenvalue weighted by molar-refractivity contribution is 5.29. The average Bonchev–Trinajstić information content (AvgIpc) is 2.87. The highest BCUT2D eigenvalue weighted by Gasteiger charge is 2.24. The number of likely N-dealkylation sites (N-methyl/N-ethyl adjacent to an activating group) is 1. The van der Waals surface area contributed by atoms with Gasteiger partial charge in [-0.05, 0) is 43.5 Å². The first-order chi connectivity index (χ1) is 9.24. The molecule has 2 rings (SSSR count). The number of likely N-dealkylation sites (tertiary alicyclic amines) is 1. The fourth-order valence-electron chi connectivity index (χ4n) is 3.17. The van der Waals surface area contributed by atoms with E-state index in [1.54, 1.807) is 0 Å². The lowest BCUT2D eigenvalue weighted by atomic mass is 10.0. The van der Waals surface area contributed by atoms with Gasteiger partial charge in [-0.3, -0.25) is 0 Å². The zero-order valence-electron chi connectivity index (χ0n) is 12.7. The van der Waals surface area contributed by atoms with E-state index in [-0.39, 0.29) is 0 Å². The molecule has 0 aliphatic carbocycles. The number of aryl methyl sites for hydroxylation is 1. The molecule has 1 aliphatic rings. The van der Waals surface area contributed by atoms with Gasteiger partial charge >= 0.3 is 0 Å². The van der Waals surface area contributed by atoms with Crippen molar-refractivity contribution in [3.05, 3.63) is 35.4 Å². The summed E-state index contributed by atoms with van der Waals surface area (Å²) in [5, 5.41) is 3.66. The van der Waals surface area contributed by atoms with Gasteiger partial charge in [-0.25, -0.2) is 0 Å². The molecule has 1 aliphatic heterocycles. The molecule has 0 bridgehead atoms. The smallest absolute Gasteiger partial charge is 0.0451 e. The number of hydrogen-bond donors (Lipinski definition) is 1. The summed E-state index contributed by atoms with van der Waals surface area (Å²) in [7, 11) is 0. The number of rotatable bonds is 6. The van der Waals surface area contributed by atoms with E-state index >= 15 is 0 Å². The van der Waals surface area contributed by atoms with Crippen LogP contribution in [-0.4, -0.2) is 31.1 Å². The van der Waals surface area contributed by atoms with Crippen LogP contribution in [0.5, 0.6) is 0 Å². The first-order valence-electron chi connectivity index (χ1n) is 7.75. The summed E-state index contributed by atoms with van der Waals surface area (Å²) < 4.78 is 0. The van der Waals surface area contributed by atoms with Gasteiger partial charge in [0.05, 0.1) is 0 Å². The van der Waals surface area contributed by atoms with Gasteiger partial charge in [0.1, 0.15) is 0 Å². The maximum Gasteiger partial charge on any atom is 0.0451 e. The number of hydrogen-bond acceptors (Lipinski definition) is 2. The lowest BCUT2D eigenvalue weighted by Crippen LogP contribution is -2.34. The minimum atomic E-state index is 0.474. The Bertz CT molecular complexity index is 389. The predicted octanol–water partition coefficient (Wildman–Crippen LogP) is 3.38. The minimum absolute atomic E-state index is 0.474. The Kier molecular flexibility index (Phi) is 5.41. The lowest BCUT2D eigenvalue weighted by Gasteiger charge is -2.26. The Labute approximate surface area is 118 Å². The summed E-state index contributed by atoms with van der Waals surface area (Å²) in [5.74, 6) is 0.916. The molecule has 1 aromatic rings. The molecule has 1 heterocycles. The van der Waals surface area contributed by atoms with Gasteiger partial charge in [-0.1, -0.05) is 44.5 Å². The summed E-state index contributed by atoms with van der Waals surface area (Å²) in [6.07, 6.45) is 2.70. The Balaban J connectivity index is 2.03. The summed E-state index contributed by atoms with van der Waals surface area (Å²) in [4.78, 5) is 2.63. The van der Waals surface area contributed by atoms with Crippen LogP contribution < -0.4 is 5.32 Å².